The average molecular weight is 242 g/mol. The van der Waals surface area contributed by atoms with Crippen LogP contribution in [0.4, 0.5) is 26.3 Å². The number of ether oxygens (including phenoxy) is 1. The normalized spacial score (nSPS) is 15.6. The van der Waals surface area contributed by atoms with Crippen molar-refractivity contribution in [1.29, 1.82) is 0 Å². The van der Waals surface area contributed by atoms with Gasteiger partial charge in [-0.15, -0.1) is 0 Å². The van der Waals surface area contributed by atoms with Crippen LogP contribution in [0, 0.1) is 0 Å². The molecule has 0 heterocycles. The third kappa shape index (κ3) is 4.41. The van der Waals surface area contributed by atoms with Gasteiger partial charge in [-0.1, -0.05) is 0 Å². The molecular formula is C6H8F6OS. The Hall–Kier alpha value is -0.110. The van der Waals surface area contributed by atoms with E-state index in [1.54, 1.807) is 6.26 Å². The molecule has 1 unspecified atom stereocenters. The average Bonchev–Trinajstić information content (AvgIpc) is 2.01. The molecule has 0 bridgehead atoms. The largest absolute Gasteiger partial charge is 0.428 e. The zero-order chi connectivity index (χ0) is 11.4. The van der Waals surface area contributed by atoms with Crippen molar-refractivity contribution in [3.63, 3.8) is 0 Å². The minimum absolute atomic E-state index is 0.0696. The van der Waals surface area contributed by atoms with Gasteiger partial charge >= 0.3 is 12.3 Å². The van der Waals surface area contributed by atoms with Crippen LogP contribution >= 0.6 is 11.8 Å². The van der Waals surface area contributed by atoms with E-state index in [2.05, 4.69) is 4.74 Å². The SMILES string of the molecule is CSCCOC(F)(F)C(F)C(F)(F)F. The first kappa shape index (κ1) is 13.9. The minimum atomic E-state index is -5.61. The van der Waals surface area contributed by atoms with Crippen molar-refractivity contribution < 1.29 is 31.1 Å². The molecule has 86 valence electrons. The molecule has 0 spiro atoms. The summed E-state index contributed by atoms with van der Waals surface area (Å²) in [5, 5.41) is 0. The molecule has 1 atom stereocenters. The summed E-state index contributed by atoms with van der Waals surface area (Å²) in [5.41, 5.74) is 0. The highest BCUT2D eigenvalue weighted by Gasteiger charge is 2.58. The molecule has 0 radical (unpaired) electrons. The summed E-state index contributed by atoms with van der Waals surface area (Å²) in [6.07, 6.45) is -13.1. The van der Waals surface area contributed by atoms with E-state index in [0.29, 0.717) is 0 Å². The highest BCUT2D eigenvalue weighted by molar-refractivity contribution is 7.98. The first-order valence-corrected chi connectivity index (χ1v) is 4.82. The third-order valence-corrected chi connectivity index (χ3v) is 1.74. The molecule has 0 saturated heterocycles. The lowest BCUT2D eigenvalue weighted by atomic mass is 10.3. The summed E-state index contributed by atoms with van der Waals surface area (Å²) in [6, 6.07) is 0. The molecule has 0 aromatic heterocycles. The quantitative estimate of drug-likeness (QED) is 0.541. The van der Waals surface area contributed by atoms with E-state index in [-0.39, 0.29) is 5.75 Å². The molecule has 0 rings (SSSR count). The second-order valence-corrected chi connectivity index (χ2v) is 3.29. The second kappa shape index (κ2) is 5.11. The topological polar surface area (TPSA) is 9.23 Å². The Morgan fingerprint density at radius 2 is 1.71 bits per heavy atom. The smallest absolute Gasteiger partial charge is 0.317 e. The summed E-state index contributed by atoms with van der Waals surface area (Å²) < 4.78 is 74.8. The van der Waals surface area contributed by atoms with Crippen LogP contribution in [0.25, 0.3) is 0 Å². The van der Waals surface area contributed by atoms with Gasteiger partial charge in [0.05, 0.1) is 6.61 Å². The lowest BCUT2D eigenvalue weighted by Gasteiger charge is -2.22. The van der Waals surface area contributed by atoms with Crippen LogP contribution in [0.15, 0.2) is 0 Å². The fourth-order valence-corrected chi connectivity index (χ4v) is 0.775. The molecule has 0 aliphatic carbocycles. The van der Waals surface area contributed by atoms with Crippen molar-refractivity contribution in [3.8, 4) is 0 Å². The molecule has 0 amide bonds. The molecular weight excluding hydrogens is 234 g/mol. The van der Waals surface area contributed by atoms with Gasteiger partial charge < -0.3 is 4.74 Å². The van der Waals surface area contributed by atoms with E-state index in [4.69, 9.17) is 0 Å². The van der Waals surface area contributed by atoms with Gasteiger partial charge in [0.2, 0.25) is 0 Å². The van der Waals surface area contributed by atoms with Crippen LogP contribution in [0.2, 0.25) is 0 Å². The van der Waals surface area contributed by atoms with Gasteiger partial charge in [0, 0.05) is 5.75 Å². The first-order valence-electron chi connectivity index (χ1n) is 3.43. The standard InChI is InChI=1S/C6H8F6OS/c1-14-3-2-13-6(11,12)4(7)5(8,9)10/h4H,2-3H2,1H3. The first-order chi connectivity index (χ1) is 6.22. The predicted molar refractivity (Wildman–Crippen MR) is 40.2 cm³/mol. The zero-order valence-corrected chi connectivity index (χ0v) is 7.89. The molecule has 0 aromatic carbocycles. The van der Waals surface area contributed by atoms with Gasteiger partial charge in [-0.2, -0.15) is 33.7 Å². The Morgan fingerprint density at radius 1 is 1.21 bits per heavy atom. The summed E-state index contributed by atoms with van der Waals surface area (Å²) >= 11 is 1.10. The summed E-state index contributed by atoms with van der Waals surface area (Å²) in [6.45, 7) is -0.634. The highest BCUT2D eigenvalue weighted by Crippen LogP contribution is 2.35. The minimum Gasteiger partial charge on any atom is -0.317 e. The Balaban J connectivity index is 4.16. The van der Waals surface area contributed by atoms with E-state index in [1.165, 1.54) is 0 Å². The van der Waals surface area contributed by atoms with Crippen molar-refractivity contribution >= 4 is 11.8 Å². The predicted octanol–water partition coefficient (Wildman–Crippen LogP) is 2.86. The maximum Gasteiger partial charge on any atom is 0.428 e. The molecule has 0 aromatic rings. The van der Waals surface area contributed by atoms with E-state index < -0.39 is 25.1 Å². The molecule has 0 aliphatic heterocycles. The van der Waals surface area contributed by atoms with Crippen molar-refractivity contribution in [2.45, 2.75) is 18.5 Å². The van der Waals surface area contributed by atoms with E-state index in [9.17, 15) is 26.3 Å². The molecule has 1 nitrogen and oxygen atoms in total. The van der Waals surface area contributed by atoms with Crippen LogP contribution in [0.1, 0.15) is 0 Å². The Morgan fingerprint density at radius 3 is 2.07 bits per heavy atom. The number of rotatable bonds is 5. The van der Waals surface area contributed by atoms with Gasteiger partial charge in [0.15, 0.2) is 0 Å². The van der Waals surface area contributed by atoms with Crippen LogP contribution < -0.4 is 0 Å². The van der Waals surface area contributed by atoms with Crippen molar-refractivity contribution in [2.24, 2.45) is 0 Å². The van der Waals surface area contributed by atoms with E-state index >= 15 is 0 Å². The second-order valence-electron chi connectivity index (χ2n) is 2.31. The fourth-order valence-electron chi connectivity index (χ4n) is 0.525. The molecule has 14 heavy (non-hydrogen) atoms. The number of halogens is 6. The lowest BCUT2D eigenvalue weighted by molar-refractivity contribution is -0.333. The van der Waals surface area contributed by atoms with Crippen LogP contribution in [0.3, 0.4) is 0 Å². The van der Waals surface area contributed by atoms with Gasteiger partial charge in [0.1, 0.15) is 0 Å². The van der Waals surface area contributed by atoms with Crippen molar-refractivity contribution in [1.82, 2.24) is 0 Å². The van der Waals surface area contributed by atoms with E-state index in [0.717, 1.165) is 11.8 Å². The van der Waals surface area contributed by atoms with Crippen LogP contribution in [0.5, 0.6) is 0 Å². The fraction of sp³-hybridized carbons (Fsp3) is 1.00. The molecule has 0 aliphatic rings. The number of hydrogen-bond acceptors (Lipinski definition) is 2. The van der Waals surface area contributed by atoms with E-state index in [1.807, 2.05) is 0 Å². The summed E-state index contributed by atoms with van der Waals surface area (Å²) in [4.78, 5) is 0. The van der Waals surface area contributed by atoms with Gasteiger partial charge in [-0.3, -0.25) is 0 Å². The van der Waals surface area contributed by atoms with Crippen molar-refractivity contribution in [3.05, 3.63) is 0 Å². The van der Waals surface area contributed by atoms with Crippen LogP contribution in [-0.4, -0.2) is 37.1 Å². The molecule has 0 saturated carbocycles. The third-order valence-electron chi connectivity index (χ3n) is 1.16. The van der Waals surface area contributed by atoms with Crippen molar-refractivity contribution in [2.75, 3.05) is 18.6 Å². The zero-order valence-electron chi connectivity index (χ0n) is 7.08. The van der Waals surface area contributed by atoms with Gasteiger partial charge in [-0.05, 0) is 6.26 Å². The highest BCUT2D eigenvalue weighted by atomic mass is 32.2. The molecule has 0 fully saturated rings. The monoisotopic (exact) mass is 242 g/mol. The Bertz CT molecular complexity index is 170. The van der Waals surface area contributed by atoms with Gasteiger partial charge in [-0.25, -0.2) is 4.39 Å². The maximum absolute atomic E-state index is 12.3. The Kier molecular flexibility index (Phi) is 5.07. The number of hydrogen-bond donors (Lipinski definition) is 0. The Labute approximate surface area is 80.8 Å². The maximum atomic E-state index is 12.3. The molecule has 8 heteroatoms. The summed E-state index contributed by atoms with van der Waals surface area (Å²) in [5.74, 6) is 0.0696. The number of thioether (sulfide) groups is 1. The summed E-state index contributed by atoms with van der Waals surface area (Å²) in [7, 11) is 0. The van der Waals surface area contributed by atoms with Gasteiger partial charge in [0.25, 0.3) is 6.17 Å². The number of alkyl halides is 6. The lowest BCUT2D eigenvalue weighted by Crippen LogP contribution is -2.43. The molecule has 0 N–H and O–H groups in total. The van der Waals surface area contributed by atoms with Crippen LogP contribution in [-0.2, 0) is 4.74 Å².